The molecule has 0 saturated heterocycles. The maximum absolute atomic E-state index is 11.3. The second kappa shape index (κ2) is 2.87. The molecular formula is C11H15NO2. The van der Waals surface area contributed by atoms with E-state index in [2.05, 4.69) is 4.98 Å². The van der Waals surface area contributed by atoms with Crippen LogP contribution in [-0.2, 0) is 10.2 Å². The Balaban J connectivity index is 2.46. The molecule has 1 heterocycles. The molecule has 14 heavy (non-hydrogen) atoms. The molecule has 3 heteroatoms. The largest absolute Gasteiger partial charge is 0.481 e. The molecule has 1 saturated carbocycles. The van der Waals surface area contributed by atoms with Crippen LogP contribution in [0.2, 0.25) is 0 Å². The minimum Gasteiger partial charge on any atom is -0.481 e. The van der Waals surface area contributed by atoms with E-state index in [9.17, 15) is 9.90 Å². The van der Waals surface area contributed by atoms with Crippen molar-refractivity contribution in [3.8, 4) is 0 Å². The highest BCUT2D eigenvalue weighted by Gasteiger charge is 2.47. The van der Waals surface area contributed by atoms with Crippen molar-refractivity contribution in [3.63, 3.8) is 0 Å². The summed E-state index contributed by atoms with van der Waals surface area (Å²) < 4.78 is 0. The Morgan fingerprint density at radius 2 is 2.14 bits per heavy atom. The van der Waals surface area contributed by atoms with Gasteiger partial charge in [-0.1, -0.05) is 6.42 Å². The number of aromatic nitrogens is 1. The zero-order valence-electron chi connectivity index (χ0n) is 8.55. The van der Waals surface area contributed by atoms with Crippen LogP contribution >= 0.6 is 0 Å². The van der Waals surface area contributed by atoms with E-state index in [0.29, 0.717) is 0 Å². The van der Waals surface area contributed by atoms with Crippen molar-refractivity contribution >= 4 is 5.97 Å². The predicted molar refractivity (Wildman–Crippen MR) is 53.4 cm³/mol. The lowest BCUT2D eigenvalue weighted by molar-refractivity contribution is -0.147. The summed E-state index contributed by atoms with van der Waals surface area (Å²) >= 11 is 0. The number of carbonyl (C=O) groups is 1. The van der Waals surface area contributed by atoms with Gasteiger partial charge >= 0.3 is 5.97 Å². The molecule has 0 radical (unpaired) electrons. The summed E-state index contributed by atoms with van der Waals surface area (Å²) in [6, 6.07) is 1.97. The van der Waals surface area contributed by atoms with Crippen LogP contribution in [0, 0.1) is 13.8 Å². The number of aliphatic carboxylic acids is 1. The lowest BCUT2D eigenvalue weighted by Gasteiger charge is -2.37. The highest BCUT2D eigenvalue weighted by Crippen LogP contribution is 2.45. The van der Waals surface area contributed by atoms with Gasteiger partial charge in [0.05, 0.1) is 5.41 Å². The minimum absolute atomic E-state index is 0.588. The molecule has 1 fully saturated rings. The number of carboxylic acid groups (broad SMARTS) is 1. The topological polar surface area (TPSA) is 53.1 Å². The van der Waals surface area contributed by atoms with E-state index < -0.39 is 11.4 Å². The first-order valence-corrected chi connectivity index (χ1v) is 4.96. The minimum atomic E-state index is -0.675. The Morgan fingerprint density at radius 1 is 1.50 bits per heavy atom. The fourth-order valence-electron chi connectivity index (χ4n) is 2.35. The maximum Gasteiger partial charge on any atom is 0.314 e. The molecule has 0 spiro atoms. The first-order chi connectivity index (χ1) is 6.56. The molecule has 1 aliphatic carbocycles. The van der Waals surface area contributed by atoms with Crippen LogP contribution < -0.4 is 0 Å². The van der Waals surface area contributed by atoms with Gasteiger partial charge in [0.15, 0.2) is 0 Å². The molecule has 0 atom stereocenters. The van der Waals surface area contributed by atoms with Gasteiger partial charge in [-0.25, -0.2) is 0 Å². The van der Waals surface area contributed by atoms with E-state index in [1.807, 2.05) is 19.9 Å². The third kappa shape index (κ3) is 1.08. The van der Waals surface area contributed by atoms with Gasteiger partial charge < -0.3 is 10.1 Å². The summed E-state index contributed by atoms with van der Waals surface area (Å²) in [6.45, 7) is 3.91. The van der Waals surface area contributed by atoms with Crippen LogP contribution in [-0.4, -0.2) is 16.1 Å². The van der Waals surface area contributed by atoms with Crippen molar-refractivity contribution in [1.82, 2.24) is 4.98 Å². The second-order valence-electron chi connectivity index (χ2n) is 4.23. The Bertz CT molecular complexity index is 375. The van der Waals surface area contributed by atoms with Crippen molar-refractivity contribution < 1.29 is 9.90 Å². The lowest BCUT2D eigenvalue weighted by Crippen LogP contribution is -2.42. The molecule has 1 aromatic heterocycles. The van der Waals surface area contributed by atoms with Crippen molar-refractivity contribution in [3.05, 3.63) is 23.0 Å². The molecule has 0 unspecified atom stereocenters. The van der Waals surface area contributed by atoms with Gasteiger partial charge in [-0.3, -0.25) is 4.79 Å². The number of nitrogens with one attached hydrogen (secondary N) is 1. The summed E-state index contributed by atoms with van der Waals surface area (Å²) in [5.74, 6) is -0.675. The summed E-state index contributed by atoms with van der Waals surface area (Å²) in [5, 5.41) is 9.26. The van der Waals surface area contributed by atoms with Crippen molar-refractivity contribution in [1.29, 1.82) is 0 Å². The maximum atomic E-state index is 11.3. The van der Waals surface area contributed by atoms with Crippen molar-refractivity contribution in [2.24, 2.45) is 0 Å². The van der Waals surface area contributed by atoms with Crippen LogP contribution in [0.25, 0.3) is 0 Å². The number of hydrogen-bond acceptors (Lipinski definition) is 1. The Hall–Kier alpha value is -1.25. The van der Waals surface area contributed by atoms with Gasteiger partial charge in [0.25, 0.3) is 0 Å². The van der Waals surface area contributed by atoms with Gasteiger partial charge in [0.2, 0.25) is 0 Å². The third-order valence-corrected chi connectivity index (χ3v) is 3.28. The number of aryl methyl sites for hydroxylation is 2. The monoisotopic (exact) mass is 193 g/mol. The summed E-state index contributed by atoms with van der Waals surface area (Å²) in [7, 11) is 0. The molecule has 0 bridgehead atoms. The van der Waals surface area contributed by atoms with Crippen molar-refractivity contribution in [2.45, 2.75) is 38.5 Å². The first-order valence-electron chi connectivity index (χ1n) is 4.96. The van der Waals surface area contributed by atoms with Crippen molar-refractivity contribution in [2.75, 3.05) is 0 Å². The highest BCUT2D eigenvalue weighted by molar-refractivity contribution is 5.83. The van der Waals surface area contributed by atoms with Gasteiger partial charge in [0.1, 0.15) is 0 Å². The van der Waals surface area contributed by atoms with Gasteiger partial charge in [-0.15, -0.1) is 0 Å². The van der Waals surface area contributed by atoms with E-state index in [0.717, 1.165) is 36.2 Å². The van der Waals surface area contributed by atoms with Crippen LogP contribution in [0.4, 0.5) is 0 Å². The lowest BCUT2D eigenvalue weighted by atomic mass is 9.64. The predicted octanol–water partition coefficient (Wildman–Crippen LogP) is 2.14. The van der Waals surface area contributed by atoms with Crippen LogP contribution in [0.3, 0.4) is 0 Å². The highest BCUT2D eigenvalue weighted by atomic mass is 16.4. The van der Waals surface area contributed by atoms with E-state index >= 15 is 0 Å². The van der Waals surface area contributed by atoms with Gasteiger partial charge in [-0.2, -0.15) is 0 Å². The molecule has 76 valence electrons. The fraction of sp³-hybridized carbons (Fsp3) is 0.545. The number of H-pyrrole nitrogens is 1. The second-order valence-corrected chi connectivity index (χ2v) is 4.23. The normalized spacial score (nSPS) is 19.0. The standard InChI is InChI=1S/C11H15NO2/c1-7-6-9(8(2)12-7)11(10(13)14)4-3-5-11/h6,12H,3-5H2,1-2H3,(H,13,14). The molecule has 0 aliphatic heterocycles. The molecule has 0 amide bonds. The first kappa shape index (κ1) is 9.31. The molecule has 1 aliphatic rings. The molecule has 0 aromatic carbocycles. The summed E-state index contributed by atoms with van der Waals surface area (Å²) in [4.78, 5) is 14.4. The number of rotatable bonds is 2. The van der Waals surface area contributed by atoms with E-state index in [-0.39, 0.29) is 0 Å². The van der Waals surface area contributed by atoms with Crippen LogP contribution in [0.1, 0.15) is 36.2 Å². The van der Waals surface area contributed by atoms with E-state index in [4.69, 9.17) is 0 Å². The molecule has 2 rings (SSSR count). The zero-order valence-corrected chi connectivity index (χ0v) is 8.55. The quantitative estimate of drug-likeness (QED) is 0.756. The SMILES string of the molecule is Cc1cc(C2(C(=O)O)CCC2)c(C)[nH]1. The van der Waals surface area contributed by atoms with Crippen LogP contribution in [0.5, 0.6) is 0 Å². The zero-order chi connectivity index (χ0) is 10.3. The fourth-order valence-corrected chi connectivity index (χ4v) is 2.35. The molecular weight excluding hydrogens is 178 g/mol. The summed E-state index contributed by atoms with van der Waals surface area (Å²) in [6.07, 6.45) is 2.58. The van der Waals surface area contributed by atoms with Crippen LogP contribution in [0.15, 0.2) is 6.07 Å². The Morgan fingerprint density at radius 3 is 2.43 bits per heavy atom. The number of carboxylic acids is 1. The van der Waals surface area contributed by atoms with E-state index in [1.54, 1.807) is 0 Å². The Kier molecular flexibility index (Phi) is 1.91. The van der Waals surface area contributed by atoms with Gasteiger partial charge in [-0.05, 0) is 38.3 Å². The molecule has 3 nitrogen and oxygen atoms in total. The average Bonchev–Trinajstić information content (AvgIpc) is 2.27. The Labute approximate surface area is 83.1 Å². The number of hydrogen-bond donors (Lipinski definition) is 2. The van der Waals surface area contributed by atoms with Gasteiger partial charge in [0, 0.05) is 11.4 Å². The molecule has 1 aromatic rings. The third-order valence-electron chi connectivity index (χ3n) is 3.28. The summed E-state index contributed by atoms with van der Waals surface area (Å²) in [5.41, 5.74) is 2.44. The number of aromatic amines is 1. The average molecular weight is 193 g/mol. The molecule has 2 N–H and O–H groups in total. The smallest absolute Gasteiger partial charge is 0.314 e. The van der Waals surface area contributed by atoms with E-state index in [1.165, 1.54) is 0 Å².